The van der Waals surface area contributed by atoms with Gasteiger partial charge in [-0.1, -0.05) is 12.1 Å². The SMILES string of the molecule is Cc1c2cccn2c2ccccc2[n+]1C.[I-]. The summed E-state index contributed by atoms with van der Waals surface area (Å²) in [6.45, 7) is 2.15. The lowest BCUT2D eigenvalue weighted by molar-refractivity contribution is -0.650. The van der Waals surface area contributed by atoms with E-state index in [4.69, 9.17) is 0 Å². The Hall–Kier alpha value is -1.10. The minimum absolute atomic E-state index is 0. The van der Waals surface area contributed by atoms with Crippen LogP contribution >= 0.6 is 0 Å². The Labute approximate surface area is 112 Å². The van der Waals surface area contributed by atoms with Crippen LogP contribution in [0, 0.1) is 6.92 Å². The molecule has 2 nitrogen and oxygen atoms in total. The fourth-order valence-corrected chi connectivity index (χ4v) is 2.19. The molecule has 0 aliphatic rings. The van der Waals surface area contributed by atoms with Crippen molar-refractivity contribution in [2.45, 2.75) is 6.92 Å². The zero-order valence-electron chi connectivity index (χ0n) is 9.31. The van der Waals surface area contributed by atoms with Crippen LogP contribution in [0.25, 0.3) is 16.6 Å². The Morgan fingerprint density at radius 1 is 1.00 bits per heavy atom. The summed E-state index contributed by atoms with van der Waals surface area (Å²) in [5.74, 6) is 0. The number of hydrogen-bond donors (Lipinski definition) is 0. The Morgan fingerprint density at radius 3 is 2.50 bits per heavy atom. The lowest BCUT2D eigenvalue weighted by atomic mass is 10.2. The molecule has 0 unspecified atom stereocenters. The van der Waals surface area contributed by atoms with Gasteiger partial charge in [0.05, 0.1) is 0 Å². The molecule has 3 heteroatoms. The average Bonchev–Trinajstić information content (AvgIpc) is 2.75. The van der Waals surface area contributed by atoms with Gasteiger partial charge >= 0.3 is 0 Å². The first-order chi connectivity index (χ1) is 7.29. The molecule has 3 aromatic rings. The highest BCUT2D eigenvalue weighted by Gasteiger charge is 2.13. The minimum atomic E-state index is 0. The van der Waals surface area contributed by atoms with Crippen LogP contribution in [0.4, 0.5) is 0 Å². The predicted octanol–water partition coefficient (Wildman–Crippen LogP) is -0.771. The van der Waals surface area contributed by atoms with Crippen molar-refractivity contribution in [1.82, 2.24) is 4.40 Å². The summed E-state index contributed by atoms with van der Waals surface area (Å²) in [6, 6.07) is 12.7. The van der Waals surface area contributed by atoms with Crippen LogP contribution in [0.2, 0.25) is 0 Å². The first kappa shape index (κ1) is 11.4. The number of para-hydroxylation sites is 2. The fourth-order valence-electron chi connectivity index (χ4n) is 2.19. The molecule has 0 saturated heterocycles. The van der Waals surface area contributed by atoms with Crippen molar-refractivity contribution in [3.63, 3.8) is 0 Å². The fraction of sp³-hybridized carbons (Fsp3) is 0.154. The van der Waals surface area contributed by atoms with Crippen molar-refractivity contribution in [2.75, 3.05) is 0 Å². The van der Waals surface area contributed by atoms with Crippen molar-refractivity contribution in [3.8, 4) is 0 Å². The van der Waals surface area contributed by atoms with Gasteiger partial charge < -0.3 is 28.4 Å². The maximum atomic E-state index is 2.24. The summed E-state index contributed by atoms with van der Waals surface area (Å²) in [4.78, 5) is 0. The molecule has 16 heavy (non-hydrogen) atoms. The molecule has 0 amide bonds. The predicted molar refractivity (Wildman–Crippen MR) is 60.8 cm³/mol. The number of fused-ring (bicyclic) bond motifs is 3. The Balaban J connectivity index is 0.000000963. The van der Waals surface area contributed by atoms with Gasteiger partial charge in [-0.15, -0.1) is 0 Å². The molecular formula is C13H13IN2. The van der Waals surface area contributed by atoms with Gasteiger partial charge in [-0.3, -0.25) is 0 Å². The first-order valence-electron chi connectivity index (χ1n) is 5.13. The van der Waals surface area contributed by atoms with E-state index >= 15 is 0 Å². The van der Waals surface area contributed by atoms with Gasteiger partial charge in [-0.2, -0.15) is 4.57 Å². The summed E-state index contributed by atoms with van der Waals surface area (Å²) in [5.41, 5.74) is 5.08. The van der Waals surface area contributed by atoms with Crippen molar-refractivity contribution in [3.05, 3.63) is 48.3 Å². The molecule has 0 aliphatic heterocycles. The van der Waals surface area contributed by atoms with Gasteiger partial charge in [-0.05, 0) is 18.2 Å². The third-order valence-corrected chi connectivity index (χ3v) is 3.13. The molecule has 0 aliphatic carbocycles. The molecule has 0 bridgehead atoms. The van der Waals surface area contributed by atoms with E-state index in [0.29, 0.717) is 0 Å². The molecule has 1 aromatic carbocycles. The largest absolute Gasteiger partial charge is 1.00 e. The van der Waals surface area contributed by atoms with E-state index in [0.717, 1.165) is 0 Å². The second-order valence-electron chi connectivity index (χ2n) is 3.90. The van der Waals surface area contributed by atoms with Gasteiger partial charge in [-0.25, -0.2) is 0 Å². The van der Waals surface area contributed by atoms with E-state index in [1.807, 2.05) is 0 Å². The van der Waals surface area contributed by atoms with Crippen molar-refractivity contribution >= 4 is 16.6 Å². The van der Waals surface area contributed by atoms with Crippen molar-refractivity contribution in [1.29, 1.82) is 0 Å². The molecule has 0 spiro atoms. The van der Waals surface area contributed by atoms with Gasteiger partial charge in [0.25, 0.3) is 0 Å². The lowest BCUT2D eigenvalue weighted by Gasteiger charge is -2.04. The van der Waals surface area contributed by atoms with Crippen molar-refractivity contribution < 1.29 is 28.5 Å². The lowest BCUT2D eigenvalue weighted by Crippen LogP contribution is -3.00. The molecule has 0 fully saturated rings. The van der Waals surface area contributed by atoms with E-state index in [2.05, 4.69) is 65.5 Å². The number of hydrogen-bond acceptors (Lipinski definition) is 0. The van der Waals surface area contributed by atoms with Gasteiger partial charge in [0.1, 0.15) is 18.1 Å². The highest BCUT2D eigenvalue weighted by molar-refractivity contribution is 5.75. The highest BCUT2D eigenvalue weighted by Crippen LogP contribution is 2.15. The number of nitrogens with zero attached hydrogens (tertiary/aromatic N) is 2. The minimum Gasteiger partial charge on any atom is -1.00 e. The van der Waals surface area contributed by atoms with E-state index in [-0.39, 0.29) is 24.0 Å². The summed E-state index contributed by atoms with van der Waals surface area (Å²) in [5, 5.41) is 0. The monoisotopic (exact) mass is 324 g/mol. The van der Waals surface area contributed by atoms with Gasteiger partial charge in [0.2, 0.25) is 11.2 Å². The number of rotatable bonds is 0. The number of halogens is 1. The van der Waals surface area contributed by atoms with Crippen LogP contribution in [-0.4, -0.2) is 4.40 Å². The zero-order chi connectivity index (χ0) is 10.4. The topological polar surface area (TPSA) is 8.29 Å². The van der Waals surface area contributed by atoms with E-state index in [9.17, 15) is 0 Å². The highest BCUT2D eigenvalue weighted by atomic mass is 127. The molecule has 82 valence electrons. The molecule has 0 radical (unpaired) electrons. The molecule has 0 N–H and O–H groups in total. The second-order valence-corrected chi connectivity index (χ2v) is 3.90. The van der Waals surface area contributed by atoms with Gasteiger partial charge in [0.15, 0.2) is 0 Å². The van der Waals surface area contributed by atoms with Crippen LogP contribution < -0.4 is 28.5 Å². The maximum Gasteiger partial charge on any atom is 0.229 e. The average molecular weight is 324 g/mol. The summed E-state index contributed by atoms with van der Waals surface area (Å²) < 4.78 is 4.48. The summed E-state index contributed by atoms with van der Waals surface area (Å²) >= 11 is 0. The van der Waals surface area contributed by atoms with E-state index in [1.54, 1.807) is 0 Å². The summed E-state index contributed by atoms with van der Waals surface area (Å²) in [7, 11) is 2.12. The molecule has 0 atom stereocenters. The maximum absolute atomic E-state index is 2.24. The van der Waals surface area contributed by atoms with Gasteiger partial charge in [0, 0.05) is 19.2 Å². The number of benzene rings is 1. The van der Waals surface area contributed by atoms with Crippen molar-refractivity contribution in [2.24, 2.45) is 7.05 Å². The Kier molecular flexibility index (Phi) is 2.88. The van der Waals surface area contributed by atoms with E-state index in [1.165, 1.54) is 22.2 Å². The van der Waals surface area contributed by atoms with Crippen LogP contribution in [0.1, 0.15) is 5.69 Å². The molecule has 3 rings (SSSR count). The molecule has 2 aromatic heterocycles. The normalized spacial score (nSPS) is 10.6. The second kappa shape index (κ2) is 4.05. The summed E-state index contributed by atoms with van der Waals surface area (Å²) in [6.07, 6.45) is 2.12. The molecular weight excluding hydrogens is 311 g/mol. The smallest absolute Gasteiger partial charge is 0.229 e. The zero-order valence-corrected chi connectivity index (χ0v) is 11.5. The van der Waals surface area contributed by atoms with Crippen LogP contribution in [-0.2, 0) is 7.05 Å². The third-order valence-electron chi connectivity index (χ3n) is 3.13. The standard InChI is InChI=1S/C13H13N2.HI/c1-10-11-8-5-9-15(11)13-7-4-3-6-12(13)14(10)2;/h3-9H,1-2H3;1H/q+1;/p-1. The van der Waals surface area contributed by atoms with Crippen LogP contribution in [0.15, 0.2) is 42.6 Å². The Bertz CT molecular complexity index is 655. The Morgan fingerprint density at radius 2 is 1.69 bits per heavy atom. The number of aromatic nitrogens is 2. The number of aryl methyl sites for hydroxylation is 2. The molecule has 2 heterocycles. The van der Waals surface area contributed by atoms with Crippen LogP contribution in [0.3, 0.4) is 0 Å². The quantitative estimate of drug-likeness (QED) is 0.379. The first-order valence-corrected chi connectivity index (χ1v) is 5.13. The van der Waals surface area contributed by atoms with Crippen LogP contribution in [0.5, 0.6) is 0 Å². The molecule has 0 saturated carbocycles. The third kappa shape index (κ3) is 1.42. The van der Waals surface area contributed by atoms with E-state index < -0.39 is 0 Å².